The number of nitrogens with two attached hydrogens (primary N) is 1. The van der Waals surface area contributed by atoms with E-state index in [1.165, 1.54) is 19.4 Å². The number of hydrogen-bond donors (Lipinski definition) is 2. The van der Waals surface area contributed by atoms with Gasteiger partial charge < -0.3 is 10.9 Å². The van der Waals surface area contributed by atoms with Crippen molar-refractivity contribution in [2.24, 2.45) is 10.9 Å². The van der Waals surface area contributed by atoms with Crippen molar-refractivity contribution in [2.75, 3.05) is 26.7 Å². The lowest BCUT2D eigenvalue weighted by molar-refractivity contribution is 0.187. The molecule has 1 fully saturated rings. The summed E-state index contributed by atoms with van der Waals surface area (Å²) in [6.45, 7) is 7.44. The van der Waals surface area contributed by atoms with Crippen LogP contribution in [0.15, 0.2) is 5.16 Å². The van der Waals surface area contributed by atoms with Gasteiger partial charge in [0.25, 0.3) is 0 Å². The fourth-order valence-electron chi connectivity index (χ4n) is 2.32. The molecule has 0 amide bonds. The van der Waals surface area contributed by atoms with Crippen molar-refractivity contribution < 1.29 is 5.21 Å². The lowest BCUT2D eigenvalue weighted by Gasteiger charge is -2.30. The van der Waals surface area contributed by atoms with E-state index in [2.05, 4.69) is 21.9 Å². The van der Waals surface area contributed by atoms with Crippen molar-refractivity contribution >= 4 is 5.84 Å². The number of amidine groups is 1. The highest BCUT2D eigenvalue weighted by molar-refractivity contribution is 5.84. The summed E-state index contributed by atoms with van der Waals surface area (Å²) in [4.78, 5) is 4.64. The van der Waals surface area contributed by atoms with E-state index < -0.39 is 0 Å². The van der Waals surface area contributed by atoms with E-state index in [-0.39, 0.29) is 11.9 Å². The lowest BCUT2D eigenvalue weighted by atomic mass is 10.2. The zero-order valence-electron chi connectivity index (χ0n) is 10.6. The van der Waals surface area contributed by atoms with Gasteiger partial charge in [-0.2, -0.15) is 0 Å². The Kier molecular flexibility index (Phi) is 5.02. The molecule has 0 aromatic heterocycles. The molecular weight excluding hydrogens is 204 g/mol. The maximum Gasteiger partial charge on any atom is 0.156 e. The minimum absolute atomic E-state index is 0.00990. The summed E-state index contributed by atoms with van der Waals surface area (Å²) >= 11 is 0. The standard InChI is InChI=1S/C11H24N4O/c1-4-15-7-5-6-10(15)8-14(3)9(2)11(12)13-16/h9-10,16H,4-8H2,1-3H3,(H2,12,13). The maximum atomic E-state index is 8.64. The molecule has 3 N–H and O–H groups in total. The summed E-state index contributed by atoms with van der Waals surface area (Å²) in [5, 5.41) is 11.7. The summed E-state index contributed by atoms with van der Waals surface area (Å²) in [6.07, 6.45) is 2.53. The highest BCUT2D eigenvalue weighted by Gasteiger charge is 2.26. The predicted octanol–water partition coefficient (Wildman–Crippen LogP) is 0.537. The van der Waals surface area contributed by atoms with Gasteiger partial charge in [0.15, 0.2) is 5.84 Å². The molecule has 1 saturated heterocycles. The van der Waals surface area contributed by atoms with Crippen LogP contribution in [-0.2, 0) is 0 Å². The SMILES string of the molecule is CCN1CCCC1CN(C)C(C)C(N)=NO. The largest absolute Gasteiger partial charge is 0.409 e. The molecule has 0 saturated carbocycles. The van der Waals surface area contributed by atoms with Gasteiger partial charge in [-0.05, 0) is 39.9 Å². The van der Waals surface area contributed by atoms with Gasteiger partial charge in [0, 0.05) is 12.6 Å². The zero-order valence-corrected chi connectivity index (χ0v) is 10.6. The number of likely N-dealkylation sites (tertiary alicyclic amines) is 1. The number of likely N-dealkylation sites (N-methyl/N-ethyl adjacent to an activating group) is 2. The van der Waals surface area contributed by atoms with Crippen LogP contribution in [0.1, 0.15) is 26.7 Å². The summed E-state index contributed by atoms with van der Waals surface area (Å²) in [7, 11) is 2.02. The monoisotopic (exact) mass is 228 g/mol. The first kappa shape index (κ1) is 13.3. The Morgan fingerprint density at radius 3 is 2.94 bits per heavy atom. The molecule has 0 aromatic rings. The van der Waals surface area contributed by atoms with Gasteiger partial charge in [-0.25, -0.2) is 0 Å². The smallest absolute Gasteiger partial charge is 0.156 e. The molecule has 5 heteroatoms. The number of hydrogen-bond acceptors (Lipinski definition) is 4. The van der Waals surface area contributed by atoms with Gasteiger partial charge in [0.05, 0.1) is 6.04 Å². The molecule has 16 heavy (non-hydrogen) atoms. The first-order valence-electron chi connectivity index (χ1n) is 6.01. The van der Waals surface area contributed by atoms with Gasteiger partial charge in [0.2, 0.25) is 0 Å². The van der Waals surface area contributed by atoms with Crippen molar-refractivity contribution in [3.8, 4) is 0 Å². The summed E-state index contributed by atoms with van der Waals surface area (Å²) < 4.78 is 0. The van der Waals surface area contributed by atoms with Crippen LogP contribution in [0.5, 0.6) is 0 Å². The topological polar surface area (TPSA) is 65.1 Å². The Hall–Kier alpha value is -0.810. The fourth-order valence-corrected chi connectivity index (χ4v) is 2.32. The Balaban J connectivity index is 2.47. The van der Waals surface area contributed by atoms with Crippen molar-refractivity contribution in [1.29, 1.82) is 0 Å². The Labute approximate surface area is 97.9 Å². The minimum Gasteiger partial charge on any atom is -0.409 e. The number of oxime groups is 1. The van der Waals surface area contributed by atoms with E-state index in [0.717, 1.165) is 13.1 Å². The Bertz CT molecular complexity index is 244. The van der Waals surface area contributed by atoms with Crippen molar-refractivity contribution in [1.82, 2.24) is 9.80 Å². The van der Waals surface area contributed by atoms with Crippen molar-refractivity contribution in [3.05, 3.63) is 0 Å². The van der Waals surface area contributed by atoms with Crippen LogP contribution >= 0.6 is 0 Å². The number of rotatable bonds is 5. The molecule has 0 radical (unpaired) electrons. The van der Waals surface area contributed by atoms with E-state index >= 15 is 0 Å². The highest BCUT2D eigenvalue weighted by atomic mass is 16.4. The summed E-state index contributed by atoms with van der Waals surface area (Å²) in [6, 6.07) is 0.605. The summed E-state index contributed by atoms with van der Waals surface area (Å²) in [5.41, 5.74) is 5.60. The molecule has 1 rings (SSSR count). The molecule has 2 atom stereocenters. The van der Waals surface area contributed by atoms with Crippen LogP contribution in [0, 0.1) is 0 Å². The van der Waals surface area contributed by atoms with Crippen LogP contribution in [-0.4, -0.2) is 59.6 Å². The average molecular weight is 228 g/mol. The second-order valence-electron chi connectivity index (χ2n) is 4.57. The zero-order chi connectivity index (χ0) is 12.1. The van der Waals surface area contributed by atoms with Crippen LogP contribution in [0.4, 0.5) is 0 Å². The van der Waals surface area contributed by atoms with Crippen LogP contribution in [0.25, 0.3) is 0 Å². The van der Waals surface area contributed by atoms with E-state index in [1.54, 1.807) is 0 Å². The van der Waals surface area contributed by atoms with Gasteiger partial charge in [-0.1, -0.05) is 12.1 Å². The molecule has 1 aliphatic rings. The minimum atomic E-state index is -0.00990. The van der Waals surface area contributed by atoms with Gasteiger partial charge in [-0.3, -0.25) is 9.80 Å². The van der Waals surface area contributed by atoms with Gasteiger partial charge in [-0.15, -0.1) is 0 Å². The first-order chi connectivity index (χ1) is 7.60. The third-order valence-electron chi connectivity index (χ3n) is 3.61. The third kappa shape index (κ3) is 3.09. The molecule has 94 valence electrons. The second kappa shape index (κ2) is 6.06. The molecule has 2 unspecified atom stereocenters. The number of nitrogens with zero attached hydrogens (tertiary/aromatic N) is 3. The maximum absolute atomic E-state index is 8.64. The predicted molar refractivity (Wildman–Crippen MR) is 65.8 cm³/mol. The van der Waals surface area contributed by atoms with E-state index in [9.17, 15) is 0 Å². The molecule has 5 nitrogen and oxygen atoms in total. The molecule has 0 aliphatic carbocycles. The molecule has 0 bridgehead atoms. The third-order valence-corrected chi connectivity index (χ3v) is 3.61. The summed E-state index contributed by atoms with van der Waals surface area (Å²) in [5.74, 6) is 0.281. The Morgan fingerprint density at radius 2 is 2.38 bits per heavy atom. The quantitative estimate of drug-likeness (QED) is 0.312. The van der Waals surface area contributed by atoms with E-state index in [0.29, 0.717) is 6.04 Å². The van der Waals surface area contributed by atoms with Crippen LogP contribution < -0.4 is 5.73 Å². The first-order valence-corrected chi connectivity index (χ1v) is 6.01. The fraction of sp³-hybridized carbons (Fsp3) is 0.909. The lowest BCUT2D eigenvalue weighted by Crippen LogP contribution is -2.46. The average Bonchev–Trinajstić information content (AvgIpc) is 2.74. The Morgan fingerprint density at radius 1 is 1.69 bits per heavy atom. The van der Waals surface area contributed by atoms with E-state index in [4.69, 9.17) is 10.9 Å². The molecule has 1 aliphatic heterocycles. The molecule has 1 heterocycles. The molecular formula is C11H24N4O. The van der Waals surface area contributed by atoms with Crippen LogP contribution in [0.3, 0.4) is 0 Å². The van der Waals surface area contributed by atoms with Gasteiger partial charge in [0.1, 0.15) is 0 Å². The van der Waals surface area contributed by atoms with Crippen molar-refractivity contribution in [2.45, 2.75) is 38.8 Å². The van der Waals surface area contributed by atoms with E-state index in [1.807, 2.05) is 14.0 Å². The van der Waals surface area contributed by atoms with Crippen LogP contribution in [0.2, 0.25) is 0 Å². The van der Waals surface area contributed by atoms with Crippen molar-refractivity contribution in [3.63, 3.8) is 0 Å². The normalized spacial score (nSPS) is 25.2. The second-order valence-corrected chi connectivity index (χ2v) is 4.57. The molecule has 0 spiro atoms. The van der Waals surface area contributed by atoms with Gasteiger partial charge >= 0.3 is 0 Å². The highest BCUT2D eigenvalue weighted by Crippen LogP contribution is 2.17. The molecule has 0 aromatic carbocycles.